The Bertz CT molecular complexity index is 614. The molecule has 0 unspecified atom stereocenters. The Labute approximate surface area is 140 Å². The van der Waals surface area contributed by atoms with Crippen molar-refractivity contribution in [2.24, 2.45) is 0 Å². The van der Waals surface area contributed by atoms with E-state index in [1.165, 1.54) is 22.3 Å². The summed E-state index contributed by atoms with van der Waals surface area (Å²) in [4.78, 5) is 0. The molecule has 3 aromatic carbocycles. The van der Waals surface area contributed by atoms with Crippen LogP contribution >= 0.6 is 7.92 Å². The molecule has 0 aliphatic heterocycles. The second kappa shape index (κ2) is 8.73. The topological polar surface area (TPSA) is 0 Å². The van der Waals surface area contributed by atoms with E-state index in [2.05, 4.69) is 91.0 Å². The third-order valence-corrected chi connectivity index (χ3v) is 6.56. The van der Waals surface area contributed by atoms with Crippen LogP contribution in [-0.4, -0.2) is 6.16 Å². The van der Waals surface area contributed by atoms with E-state index in [0.717, 1.165) is 6.42 Å². The van der Waals surface area contributed by atoms with Gasteiger partial charge < -0.3 is 12.4 Å². The van der Waals surface area contributed by atoms with Crippen LogP contribution in [0.4, 0.5) is 0 Å². The Morgan fingerprint density at radius 3 is 1.41 bits per heavy atom. The number of hydrogen-bond acceptors (Lipinski definition) is 0. The van der Waals surface area contributed by atoms with Crippen LogP contribution in [0.25, 0.3) is 0 Å². The molecule has 112 valence electrons. The number of rotatable bonds is 5. The van der Waals surface area contributed by atoms with Gasteiger partial charge in [-0.15, -0.1) is 0 Å². The van der Waals surface area contributed by atoms with Crippen LogP contribution in [0.2, 0.25) is 0 Å². The highest BCUT2D eigenvalue weighted by Gasteiger charge is 2.21. The van der Waals surface area contributed by atoms with Crippen molar-refractivity contribution in [3.8, 4) is 0 Å². The van der Waals surface area contributed by atoms with Crippen molar-refractivity contribution in [3.05, 3.63) is 96.6 Å². The normalized spacial score (nSPS) is 10.2. The SMILES string of the molecule is [Cl-].c1ccc(CC[PH+](c2ccccc2)c2ccccc2)cc1. The first kappa shape index (κ1) is 16.7. The van der Waals surface area contributed by atoms with E-state index in [4.69, 9.17) is 0 Å². The highest BCUT2D eigenvalue weighted by atomic mass is 35.5. The maximum absolute atomic E-state index is 2.28. The summed E-state index contributed by atoms with van der Waals surface area (Å²) in [6.07, 6.45) is 2.39. The molecule has 2 heteroatoms. The van der Waals surface area contributed by atoms with E-state index >= 15 is 0 Å². The maximum atomic E-state index is 2.28. The fraction of sp³-hybridized carbons (Fsp3) is 0.100. The van der Waals surface area contributed by atoms with E-state index in [0.29, 0.717) is 0 Å². The van der Waals surface area contributed by atoms with Crippen molar-refractivity contribution in [1.82, 2.24) is 0 Å². The van der Waals surface area contributed by atoms with Gasteiger partial charge in [-0.1, -0.05) is 66.7 Å². The molecular formula is C20H20ClP. The van der Waals surface area contributed by atoms with Gasteiger partial charge in [-0.2, -0.15) is 0 Å². The summed E-state index contributed by atoms with van der Waals surface area (Å²) >= 11 is 0. The van der Waals surface area contributed by atoms with Gasteiger partial charge in [-0.05, 0) is 29.8 Å². The zero-order valence-corrected chi connectivity index (χ0v) is 14.2. The summed E-state index contributed by atoms with van der Waals surface area (Å²) in [5.41, 5.74) is 1.44. The summed E-state index contributed by atoms with van der Waals surface area (Å²) in [5, 5.41) is 3.01. The Kier molecular flexibility index (Phi) is 6.65. The molecule has 0 aliphatic rings. The average molecular weight is 327 g/mol. The quantitative estimate of drug-likeness (QED) is 0.616. The number of benzene rings is 3. The molecule has 3 rings (SSSR count). The first-order valence-electron chi connectivity index (χ1n) is 7.44. The van der Waals surface area contributed by atoms with Crippen LogP contribution in [0.5, 0.6) is 0 Å². The van der Waals surface area contributed by atoms with E-state index in [-0.39, 0.29) is 12.4 Å². The van der Waals surface area contributed by atoms with Gasteiger partial charge in [0.1, 0.15) is 0 Å². The van der Waals surface area contributed by atoms with Gasteiger partial charge in [0.05, 0.1) is 24.7 Å². The Hall–Kier alpha value is -1.62. The minimum atomic E-state index is -0.697. The second-order valence-electron chi connectivity index (χ2n) is 5.20. The average Bonchev–Trinajstić information content (AvgIpc) is 2.58. The highest BCUT2D eigenvalue weighted by Crippen LogP contribution is 2.34. The lowest BCUT2D eigenvalue weighted by molar-refractivity contribution is -0.00000405. The monoisotopic (exact) mass is 326 g/mol. The molecule has 0 heterocycles. The predicted molar refractivity (Wildman–Crippen MR) is 95.5 cm³/mol. The van der Waals surface area contributed by atoms with E-state index in [1.54, 1.807) is 0 Å². The lowest BCUT2D eigenvalue weighted by Crippen LogP contribution is -3.00. The van der Waals surface area contributed by atoms with Crippen LogP contribution in [0, 0.1) is 0 Å². The fourth-order valence-corrected chi connectivity index (χ4v) is 5.29. The van der Waals surface area contributed by atoms with Gasteiger partial charge in [0.15, 0.2) is 0 Å². The summed E-state index contributed by atoms with van der Waals surface area (Å²) in [7, 11) is -0.697. The van der Waals surface area contributed by atoms with Crippen molar-refractivity contribution in [3.63, 3.8) is 0 Å². The van der Waals surface area contributed by atoms with Crippen molar-refractivity contribution in [2.75, 3.05) is 6.16 Å². The van der Waals surface area contributed by atoms with Gasteiger partial charge in [-0.25, -0.2) is 0 Å². The smallest absolute Gasteiger partial charge is 0.0967 e. The summed E-state index contributed by atoms with van der Waals surface area (Å²) in [5.74, 6) is 0. The second-order valence-corrected chi connectivity index (χ2v) is 7.81. The molecule has 0 aliphatic carbocycles. The van der Waals surface area contributed by atoms with Gasteiger partial charge in [0.2, 0.25) is 0 Å². The van der Waals surface area contributed by atoms with Gasteiger partial charge in [-0.3, -0.25) is 0 Å². The minimum Gasteiger partial charge on any atom is -1.00 e. The van der Waals surface area contributed by atoms with Crippen molar-refractivity contribution in [2.45, 2.75) is 6.42 Å². The molecule has 22 heavy (non-hydrogen) atoms. The first-order chi connectivity index (χ1) is 10.4. The standard InChI is InChI=1S/C20H19P.ClH/c1-4-10-18(11-5-1)16-17-21(19-12-6-2-7-13-19)20-14-8-3-9-15-20;/h1-15H,16-17H2;1H. The Balaban J connectivity index is 0.00000176. The van der Waals surface area contributed by atoms with Crippen LogP contribution in [0.3, 0.4) is 0 Å². The van der Waals surface area contributed by atoms with Crippen LogP contribution in [0.15, 0.2) is 91.0 Å². The zero-order valence-electron chi connectivity index (χ0n) is 12.5. The van der Waals surface area contributed by atoms with E-state index in [9.17, 15) is 0 Å². The Morgan fingerprint density at radius 1 is 0.545 bits per heavy atom. The molecule has 0 amide bonds. The lowest BCUT2D eigenvalue weighted by Gasteiger charge is -2.10. The molecule has 0 atom stereocenters. The van der Waals surface area contributed by atoms with Gasteiger partial charge >= 0.3 is 0 Å². The molecule has 0 N–H and O–H groups in total. The van der Waals surface area contributed by atoms with Crippen LogP contribution < -0.4 is 23.0 Å². The molecule has 0 bridgehead atoms. The largest absolute Gasteiger partial charge is 1.00 e. The van der Waals surface area contributed by atoms with Crippen molar-refractivity contribution >= 4 is 18.5 Å². The molecule has 0 radical (unpaired) electrons. The van der Waals surface area contributed by atoms with Gasteiger partial charge in [0, 0.05) is 6.42 Å². The predicted octanol–water partition coefficient (Wildman–Crippen LogP) is 1.10. The lowest BCUT2D eigenvalue weighted by atomic mass is 10.2. The molecule has 0 spiro atoms. The van der Waals surface area contributed by atoms with Crippen LogP contribution in [-0.2, 0) is 6.42 Å². The molecule has 0 saturated heterocycles. The number of hydrogen-bond donors (Lipinski definition) is 0. The fourth-order valence-electron chi connectivity index (χ4n) is 2.65. The molecule has 0 saturated carbocycles. The molecule has 0 nitrogen and oxygen atoms in total. The molecular weight excluding hydrogens is 307 g/mol. The van der Waals surface area contributed by atoms with E-state index < -0.39 is 7.92 Å². The maximum Gasteiger partial charge on any atom is 0.0967 e. The molecule has 0 aromatic heterocycles. The number of halogens is 1. The third-order valence-electron chi connectivity index (χ3n) is 3.75. The third kappa shape index (κ3) is 4.44. The Morgan fingerprint density at radius 2 is 0.955 bits per heavy atom. The zero-order chi connectivity index (χ0) is 14.3. The minimum absolute atomic E-state index is 0. The summed E-state index contributed by atoms with van der Waals surface area (Å²) < 4.78 is 0. The van der Waals surface area contributed by atoms with Crippen molar-refractivity contribution < 1.29 is 12.4 Å². The van der Waals surface area contributed by atoms with E-state index in [1.807, 2.05) is 0 Å². The van der Waals surface area contributed by atoms with Gasteiger partial charge in [0.25, 0.3) is 0 Å². The number of aryl methyl sites for hydroxylation is 1. The molecule has 0 fully saturated rings. The first-order valence-corrected chi connectivity index (χ1v) is 9.15. The summed E-state index contributed by atoms with van der Waals surface area (Å²) in [6.45, 7) is 0. The van der Waals surface area contributed by atoms with Crippen molar-refractivity contribution in [1.29, 1.82) is 0 Å². The van der Waals surface area contributed by atoms with Crippen LogP contribution in [0.1, 0.15) is 5.56 Å². The summed E-state index contributed by atoms with van der Waals surface area (Å²) in [6, 6.07) is 32.8. The highest BCUT2D eigenvalue weighted by molar-refractivity contribution is 7.73. The molecule has 3 aromatic rings.